The maximum Gasteiger partial charge on any atom is 0.203 e. The molecule has 1 aromatic heterocycles. The first-order chi connectivity index (χ1) is 9.06. The maximum atomic E-state index is 6.02. The van der Waals surface area contributed by atoms with E-state index in [0.717, 1.165) is 23.1 Å². The molecular formula is C15H20ClN3. The molecule has 2 rings (SSSR count). The van der Waals surface area contributed by atoms with E-state index in [1.807, 2.05) is 30.6 Å². The van der Waals surface area contributed by atoms with Crippen LogP contribution >= 0.6 is 11.6 Å². The van der Waals surface area contributed by atoms with Gasteiger partial charge in [0.15, 0.2) is 0 Å². The Kier molecular flexibility index (Phi) is 4.48. The molecule has 0 aliphatic heterocycles. The summed E-state index contributed by atoms with van der Waals surface area (Å²) in [6, 6.07) is 8.08. The minimum atomic E-state index is 0.173. The van der Waals surface area contributed by atoms with E-state index in [0.29, 0.717) is 5.92 Å². The average molecular weight is 278 g/mol. The smallest absolute Gasteiger partial charge is 0.203 e. The van der Waals surface area contributed by atoms with Crippen LogP contribution < -0.4 is 5.32 Å². The van der Waals surface area contributed by atoms with Crippen molar-refractivity contribution >= 4 is 17.5 Å². The van der Waals surface area contributed by atoms with E-state index in [9.17, 15) is 0 Å². The molecule has 3 nitrogen and oxygen atoms in total. The molecule has 1 aromatic carbocycles. The Hall–Kier alpha value is -1.48. The van der Waals surface area contributed by atoms with Crippen LogP contribution in [0.25, 0.3) is 0 Å². The number of imidazole rings is 1. The van der Waals surface area contributed by atoms with Crippen LogP contribution in [0.3, 0.4) is 0 Å². The standard InChI is InChI=1S/C15H20ClN3/c1-11(2)10-19-8-7-17-15(19)18-12(3)13-5-4-6-14(16)9-13/h4-9,11-12H,10H2,1-3H3,(H,17,18). The van der Waals surface area contributed by atoms with Gasteiger partial charge in [-0.25, -0.2) is 4.98 Å². The third-order valence-corrected chi connectivity index (χ3v) is 3.21. The number of aromatic nitrogens is 2. The largest absolute Gasteiger partial charge is 0.349 e. The first-order valence-electron chi connectivity index (χ1n) is 6.59. The summed E-state index contributed by atoms with van der Waals surface area (Å²) in [4.78, 5) is 4.38. The van der Waals surface area contributed by atoms with Crippen molar-refractivity contribution in [3.05, 3.63) is 47.2 Å². The van der Waals surface area contributed by atoms with E-state index in [4.69, 9.17) is 11.6 Å². The zero-order valence-corrected chi connectivity index (χ0v) is 12.4. The van der Waals surface area contributed by atoms with Crippen molar-refractivity contribution in [2.45, 2.75) is 33.4 Å². The summed E-state index contributed by atoms with van der Waals surface area (Å²) in [6.45, 7) is 7.47. The van der Waals surface area contributed by atoms with E-state index in [2.05, 4.69) is 41.7 Å². The zero-order chi connectivity index (χ0) is 13.8. The Balaban J connectivity index is 2.10. The van der Waals surface area contributed by atoms with Crippen molar-refractivity contribution in [1.82, 2.24) is 9.55 Å². The predicted octanol–water partition coefficient (Wildman–Crippen LogP) is 4.37. The first-order valence-corrected chi connectivity index (χ1v) is 6.97. The van der Waals surface area contributed by atoms with Gasteiger partial charge in [0.25, 0.3) is 0 Å². The molecule has 0 saturated heterocycles. The average Bonchev–Trinajstić information content (AvgIpc) is 2.75. The third-order valence-electron chi connectivity index (χ3n) is 2.97. The summed E-state index contributed by atoms with van der Waals surface area (Å²) in [5, 5.41) is 4.19. The monoisotopic (exact) mass is 277 g/mol. The van der Waals surface area contributed by atoms with Crippen LogP contribution in [0.5, 0.6) is 0 Å². The van der Waals surface area contributed by atoms with Crippen LogP contribution in [0.4, 0.5) is 5.95 Å². The lowest BCUT2D eigenvalue weighted by molar-refractivity contribution is 0.524. The number of hydrogen-bond acceptors (Lipinski definition) is 2. The van der Waals surface area contributed by atoms with Gasteiger partial charge in [-0.05, 0) is 30.5 Å². The molecule has 0 amide bonds. The molecule has 2 aromatic rings. The van der Waals surface area contributed by atoms with Gasteiger partial charge in [0.05, 0.1) is 6.04 Å². The molecule has 0 saturated carbocycles. The maximum absolute atomic E-state index is 6.02. The topological polar surface area (TPSA) is 29.9 Å². The second kappa shape index (κ2) is 6.11. The van der Waals surface area contributed by atoms with E-state index in [-0.39, 0.29) is 6.04 Å². The second-order valence-corrected chi connectivity index (χ2v) is 5.65. The van der Waals surface area contributed by atoms with Crippen molar-refractivity contribution in [3.63, 3.8) is 0 Å². The van der Waals surface area contributed by atoms with Gasteiger partial charge in [-0.2, -0.15) is 0 Å². The number of nitrogens with zero attached hydrogens (tertiary/aromatic N) is 2. The highest BCUT2D eigenvalue weighted by Crippen LogP contribution is 2.21. The predicted molar refractivity (Wildman–Crippen MR) is 80.6 cm³/mol. The highest BCUT2D eigenvalue weighted by molar-refractivity contribution is 6.30. The Morgan fingerprint density at radius 1 is 1.32 bits per heavy atom. The summed E-state index contributed by atoms with van der Waals surface area (Å²) in [5.41, 5.74) is 1.16. The molecule has 0 radical (unpaired) electrons. The number of nitrogens with one attached hydrogen (secondary N) is 1. The van der Waals surface area contributed by atoms with Gasteiger partial charge in [-0.1, -0.05) is 37.6 Å². The summed E-state index contributed by atoms with van der Waals surface area (Å²) < 4.78 is 2.14. The van der Waals surface area contributed by atoms with Crippen molar-refractivity contribution < 1.29 is 0 Å². The Morgan fingerprint density at radius 3 is 2.79 bits per heavy atom. The van der Waals surface area contributed by atoms with Crippen molar-refractivity contribution in [2.24, 2.45) is 5.92 Å². The molecular weight excluding hydrogens is 258 g/mol. The summed E-state index contributed by atoms with van der Waals surface area (Å²) in [6.07, 6.45) is 3.84. The van der Waals surface area contributed by atoms with E-state index < -0.39 is 0 Å². The normalized spacial score (nSPS) is 12.7. The summed E-state index contributed by atoms with van der Waals surface area (Å²) in [7, 11) is 0. The van der Waals surface area contributed by atoms with Gasteiger partial charge < -0.3 is 9.88 Å². The molecule has 1 heterocycles. The van der Waals surface area contributed by atoms with Crippen LogP contribution in [0, 0.1) is 5.92 Å². The number of rotatable bonds is 5. The zero-order valence-electron chi connectivity index (χ0n) is 11.6. The first kappa shape index (κ1) is 13.9. The minimum absolute atomic E-state index is 0.173. The van der Waals surface area contributed by atoms with Gasteiger partial charge in [0, 0.05) is 24.0 Å². The van der Waals surface area contributed by atoms with Crippen LogP contribution in [-0.2, 0) is 6.54 Å². The SMILES string of the molecule is CC(C)Cn1ccnc1NC(C)c1cccc(Cl)c1. The molecule has 0 aliphatic rings. The fraction of sp³-hybridized carbons (Fsp3) is 0.400. The van der Waals surface area contributed by atoms with E-state index in [1.54, 1.807) is 0 Å². The van der Waals surface area contributed by atoms with Crippen LogP contribution in [0.2, 0.25) is 5.02 Å². The molecule has 0 bridgehead atoms. The minimum Gasteiger partial charge on any atom is -0.349 e. The molecule has 0 spiro atoms. The number of halogens is 1. The lowest BCUT2D eigenvalue weighted by atomic mass is 10.1. The summed E-state index contributed by atoms with van der Waals surface area (Å²) in [5.74, 6) is 1.50. The molecule has 0 fully saturated rings. The molecule has 1 unspecified atom stereocenters. The van der Waals surface area contributed by atoms with Crippen LogP contribution in [-0.4, -0.2) is 9.55 Å². The molecule has 102 valence electrons. The fourth-order valence-corrected chi connectivity index (χ4v) is 2.24. The quantitative estimate of drug-likeness (QED) is 0.880. The van der Waals surface area contributed by atoms with Crippen LogP contribution in [0.1, 0.15) is 32.4 Å². The van der Waals surface area contributed by atoms with Crippen LogP contribution in [0.15, 0.2) is 36.7 Å². The van der Waals surface area contributed by atoms with Gasteiger partial charge in [-0.15, -0.1) is 0 Å². The van der Waals surface area contributed by atoms with Gasteiger partial charge >= 0.3 is 0 Å². The number of anilines is 1. The fourth-order valence-electron chi connectivity index (χ4n) is 2.04. The third kappa shape index (κ3) is 3.74. The van der Waals surface area contributed by atoms with E-state index in [1.165, 1.54) is 0 Å². The summed E-state index contributed by atoms with van der Waals surface area (Å²) >= 11 is 6.02. The molecule has 19 heavy (non-hydrogen) atoms. The van der Waals surface area contributed by atoms with Crippen molar-refractivity contribution in [3.8, 4) is 0 Å². The lowest BCUT2D eigenvalue weighted by Gasteiger charge is -2.17. The number of benzene rings is 1. The van der Waals surface area contributed by atoms with Gasteiger partial charge in [-0.3, -0.25) is 0 Å². The van der Waals surface area contributed by atoms with Crippen molar-refractivity contribution in [1.29, 1.82) is 0 Å². The van der Waals surface area contributed by atoms with E-state index >= 15 is 0 Å². The molecule has 0 aliphatic carbocycles. The molecule has 4 heteroatoms. The number of hydrogen-bond donors (Lipinski definition) is 1. The van der Waals surface area contributed by atoms with Crippen molar-refractivity contribution in [2.75, 3.05) is 5.32 Å². The highest BCUT2D eigenvalue weighted by atomic mass is 35.5. The van der Waals surface area contributed by atoms with Gasteiger partial charge in [0.1, 0.15) is 0 Å². The Labute approximate surface area is 119 Å². The highest BCUT2D eigenvalue weighted by Gasteiger charge is 2.10. The molecule has 1 atom stereocenters. The Morgan fingerprint density at radius 2 is 2.11 bits per heavy atom. The van der Waals surface area contributed by atoms with Gasteiger partial charge in [0.2, 0.25) is 5.95 Å². The lowest BCUT2D eigenvalue weighted by Crippen LogP contribution is -2.13. The Bertz CT molecular complexity index is 534. The second-order valence-electron chi connectivity index (χ2n) is 5.22. The molecule has 1 N–H and O–H groups in total.